The van der Waals surface area contributed by atoms with E-state index in [0.717, 1.165) is 0 Å². The fraction of sp³-hybridized carbons (Fsp3) is 0.571. The molecule has 1 unspecified atom stereocenters. The predicted octanol–water partition coefficient (Wildman–Crippen LogP) is 2.93. The van der Waals surface area contributed by atoms with Crippen molar-refractivity contribution < 1.29 is 26.5 Å². The zero-order valence-corrected chi connectivity index (χ0v) is 12.6. The van der Waals surface area contributed by atoms with Gasteiger partial charge in [-0.25, -0.2) is 4.39 Å². The predicted molar refractivity (Wildman–Crippen MR) is 74.3 cm³/mol. The first-order valence-corrected chi connectivity index (χ1v) is 8.20. The average molecular weight is 339 g/mol. The second-order valence-corrected chi connectivity index (χ2v) is 6.59. The summed E-state index contributed by atoms with van der Waals surface area (Å²) in [5, 5.41) is 0. The molecule has 1 aromatic rings. The molecule has 0 spiro atoms. The Hall–Kier alpha value is -0.990. The maximum Gasteiger partial charge on any atom is 0.411 e. The molecule has 0 aromatic heterocycles. The number of ether oxygens (including phenoxy) is 1. The molecule has 0 amide bonds. The topological polar surface area (TPSA) is 29.5 Å². The maximum atomic E-state index is 12.8. The highest BCUT2D eigenvalue weighted by Gasteiger charge is 2.30. The zero-order chi connectivity index (χ0) is 16.2. The van der Waals surface area contributed by atoms with E-state index in [-0.39, 0.29) is 11.7 Å². The molecule has 0 radical (unpaired) electrons. The third-order valence-electron chi connectivity index (χ3n) is 3.39. The molecule has 124 valence electrons. The van der Waals surface area contributed by atoms with Gasteiger partial charge in [0.05, 0.1) is 22.8 Å². The average Bonchev–Trinajstić information content (AvgIpc) is 2.46. The number of nitrogens with zero attached hydrogens (tertiary/aromatic N) is 1. The third kappa shape index (κ3) is 5.66. The first kappa shape index (κ1) is 17.4. The summed E-state index contributed by atoms with van der Waals surface area (Å²) in [6, 6.07) is 5.46. The maximum absolute atomic E-state index is 12.8. The van der Waals surface area contributed by atoms with Crippen molar-refractivity contribution in [3.63, 3.8) is 0 Å². The molecular weight excluding hydrogens is 322 g/mol. The summed E-state index contributed by atoms with van der Waals surface area (Å²) in [6.45, 7) is -0.149. The summed E-state index contributed by atoms with van der Waals surface area (Å²) in [5.74, 6) is -0.0965. The SMILES string of the molecule is O=S(CN1CCC(OCC(F)(F)F)CC1)c1ccc(F)cc1. The number of benzene rings is 1. The molecule has 3 nitrogen and oxygen atoms in total. The van der Waals surface area contributed by atoms with Crippen LogP contribution in [-0.2, 0) is 15.5 Å². The highest BCUT2D eigenvalue weighted by Crippen LogP contribution is 2.20. The van der Waals surface area contributed by atoms with Crippen LogP contribution in [0.15, 0.2) is 29.2 Å². The van der Waals surface area contributed by atoms with E-state index in [4.69, 9.17) is 4.74 Å². The number of piperidine rings is 1. The van der Waals surface area contributed by atoms with Crippen molar-refractivity contribution in [2.45, 2.75) is 30.0 Å². The van der Waals surface area contributed by atoms with E-state index in [1.807, 2.05) is 4.90 Å². The van der Waals surface area contributed by atoms with Crippen LogP contribution in [0.25, 0.3) is 0 Å². The smallest absolute Gasteiger partial charge is 0.369 e. The number of hydrogen-bond acceptors (Lipinski definition) is 3. The van der Waals surface area contributed by atoms with Crippen molar-refractivity contribution in [3.05, 3.63) is 30.1 Å². The van der Waals surface area contributed by atoms with Gasteiger partial charge in [-0.05, 0) is 37.1 Å². The minimum atomic E-state index is -4.30. The van der Waals surface area contributed by atoms with Crippen molar-refractivity contribution in [1.82, 2.24) is 4.90 Å². The number of likely N-dealkylation sites (tertiary alicyclic amines) is 1. The Morgan fingerprint density at radius 3 is 2.32 bits per heavy atom. The Morgan fingerprint density at radius 2 is 1.77 bits per heavy atom. The minimum absolute atomic E-state index is 0.289. The molecule has 0 N–H and O–H groups in total. The summed E-state index contributed by atoms with van der Waals surface area (Å²) in [7, 11) is -1.28. The van der Waals surface area contributed by atoms with Gasteiger partial charge in [0.1, 0.15) is 12.4 Å². The van der Waals surface area contributed by atoms with E-state index in [0.29, 0.717) is 30.8 Å². The van der Waals surface area contributed by atoms with Crippen LogP contribution in [0.5, 0.6) is 0 Å². The lowest BCUT2D eigenvalue weighted by molar-refractivity contribution is -0.188. The van der Waals surface area contributed by atoms with E-state index in [1.54, 1.807) is 0 Å². The molecule has 1 aromatic carbocycles. The Labute approximate surface area is 128 Å². The van der Waals surface area contributed by atoms with Gasteiger partial charge in [0.15, 0.2) is 0 Å². The molecule has 2 rings (SSSR count). The monoisotopic (exact) mass is 339 g/mol. The summed E-state index contributed by atoms with van der Waals surface area (Å²) >= 11 is 0. The van der Waals surface area contributed by atoms with E-state index >= 15 is 0 Å². The molecule has 1 saturated heterocycles. The van der Waals surface area contributed by atoms with Crippen LogP contribution in [0.3, 0.4) is 0 Å². The van der Waals surface area contributed by atoms with E-state index < -0.39 is 29.7 Å². The molecule has 22 heavy (non-hydrogen) atoms. The largest absolute Gasteiger partial charge is 0.411 e. The van der Waals surface area contributed by atoms with Gasteiger partial charge < -0.3 is 4.74 Å². The van der Waals surface area contributed by atoms with Gasteiger partial charge in [0, 0.05) is 18.0 Å². The summed E-state index contributed by atoms with van der Waals surface area (Å²) in [4.78, 5) is 2.46. The molecule has 1 heterocycles. The molecule has 0 saturated carbocycles. The molecular formula is C14H17F4NO2S. The first-order valence-electron chi connectivity index (χ1n) is 6.88. The van der Waals surface area contributed by atoms with Gasteiger partial charge in [-0.3, -0.25) is 9.11 Å². The van der Waals surface area contributed by atoms with Gasteiger partial charge in [0.2, 0.25) is 0 Å². The van der Waals surface area contributed by atoms with E-state index in [1.165, 1.54) is 24.3 Å². The van der Waals surface area contributed by atoms with Crippen LogP contribution in [0, 0.1) is 5.82 Å². The normalized spacial score (nSPS) is 19.3. The van der Waals surface area contributed by atoms with E-state index in [9.17, 15) is 21.8 Å². The fourth-order valence-corrected chi connectivity index (χ4v) is 3.42. The lowest BCUT2D eigenvalue weighted by atomic mass is 10.1. The van der Waals surface area contributed by atoms with Crippen LogP contribution in [0.4, 0.5) is 17.6 Å². The summed E-state index contributed by atoms with van der Waals surface area (Å²) in [5.41, 5.74) is 0. The lowest BCUT2D eigenvalue weighted by Crippen LogP contribution is -2.39. The van der Waals surface area contributed by atoms with Crippen molar-refractivity contribution in [2.24, 2.45) is 0 Å². The molecule has 0 bridgehead atoms. The molecule has 8 heteroatoms. The second kappa shape index (κ2) is 7.52. The quantitative estimate of drug-likeness (QED) is 0.773. The Morgan fingerprint density at radius 1 is 1.18 bits per heavy atom. The second-order valence-electron chi connectivity index (χ2n) is 5.17. The van der Waals surface area contributed by atoms with Crippen molar-refractivity contribution in [2.75, 3.05) is 25.6 Å². The Kier molecular flexibility index (Phi) is 5.94. The van der Waals surface area contributed by atoms with Crippen LogP contribution in [0.2, 0.25) is 0 Å². The minimum Gasteiger partial charge on any atom is -0.369 e. The number of halogens is 4. The third-order valence-corrected chi connectivity index (χ3v) is 4.79. The lowest BCUT2D eigenvalue weighted by Gasteiger charge is -2.31. The Balaban J connectivity index is 1.75. The molecule has 0 aliphatic carbocycles. The number of hydrogen-bond donors (Lipinski definition) is 0. The van der Waals surface area contributed by atoms with Crippen LogP contribution < -0.4 is 0 Å². The Bertz CT molecular complexity index is 499. The number of rotatable bonds is 5. The van der Waals surface area contributed by atoms with E-state index in [2.05, 4.69) is 0 Å². The molecule has 1 atom stereocenters. The first-order chi connectivity index (χ1) is 10.3. The zero-order valence-electron chi connectivity index (χ0n) is 11.8. The standard InChI is InChI=1S/C14H17F4NO2S/c15-11-1-3-13(4-2-11)22(20)10-19-7-5-12(6-8-19)21-9-14(16,17)18/h1-4,12H,5-10H2. The van der Waals surface area contributed by atoms with Gasteiger partial charge in [-0.1, -0.05) is 0 Å². The van der Waals surface area contributed by atoms with Crippen LogP contribution >= 0.6 is 0 Å². The van der Waals surface area contributed by atoms with Crippen LogP contribution in [-0.4, -0.2) is 47.0 Å². The van der Waals surface area contributed by atoms with Crippen molar-refractivity contribution >= 4 is 10.8 Å². The fourth-order valence-electron chi connectivity index (χ4n) is 2.24. The summed E-state index contributed by atoms with van der Waals surface area (Å²) < 4.78 is 66.0. The molecule has 1 fully saturated rings. The molecule has 1 aliphatic heterocycles. The van der Waals surface area contributed by atoms with Gasteiger partial charge >= 0.3 is 6.18 Å². The highest BCUT2D eigenvalue weighted by molar-refractivity contribution is 7.85. The van der Waals surface area contributed by atoms with Crippen molar-refractivity contribution in [1.29, 1.82) is 0 Å². The number of alkyl halides is 3. The van der Waals surface area contributed by atoms with Gasteiger partial charge in [-0.2, -0.15) is 13.2 Å². The highest BCUT2D eigenvalue weighted by atomic mass is 32.2. The van der Waals surface area contributed by atoms with Gasteiger partial charge in [0.25, 0.3) is 0 Å². The van der Waals surface area contributed by atoms with Crippen LogP contribution in [0.1, 0.15) is 12.8 Å². The molecule has 1 aliphatic rings. The summed E-state index contributed by atoms with van der Waals surface area (Å²) in [6.07, 6.45) is -3.74. The van der Waals surface area contributed by atoms with Gasteiger partial charge in [-0.15, -0.1) is 0 Å². The van der Waals surface area contributed by atoms with Crippen molar-refractivity contribution in [3.8, 4) is 0 Å².